The van der Waals surface area contributed by atoms with Crippen LogP contribution < -0.4 is 109 Å². The van der Waals surface area contributed by atoms with Crippen molar-refractivity contribution < 1.29 is 107 Å². The van der Waals surface area contributed by atoms with Crippen molar-refractivity contribution in [3.05, 3.63) is 161 Å². The predicted octanol–water partition coefficient (Wildman–Crippen LogP) is 13.0. The molecular formula is C98H135N15O22. The third-order valence-corrected chi connectivity index (χ3v) is 22.5. The van der Waals surface area contributed by atoms with E-state index in [1.807, 2.05) is 36.4 Å². The van der Waals surface area contributed by atoms with Gasteiger partial charge in [-0.25, -0.2) is 21.9 Å². The second-order valence-corrected chi connectivity index (χ2v) is 33.2. The van der Waals surface area contributed by atoms with Gasteiger partial charge >= 0.3 is 0 Å². The summed E-state index contributed by atoms with van der Waals surface area (Å²) in [6.45, 7) is 6.81. The van der Waals surface area contributed by atoms with Crippen molar-refractivity contribution in [2.24, 2.45) is 0 Å². The van der Waals surface area contributed by atoms with Gasteiger partial charge in [0.25, 0.3) is 5.91 Å². The summed E-state index contributed by atoms with van der Waals surface area (Å²) < 4.78 is 46.3. The lowest BCUT2D eigenvalue weighted by atomic mass is 10.0. The molecule has 1 unspecified atom stereocenters. The molecule has 0 aliphatic carbocycles. The van der Waals surface area contributed by atoms with Gasteiger partial charge in [0.05, 0.1) is 69.3 Å². The van der Waals surface area contributed by atoms with E-state index >= 15 is 0 Å². The van der Waals surface area contributed by atoms with Crippen molar-refractivity contribution in [3.63, 3.8) is 0 Å². The fourth-order valence-corrected chi connectivity index (χ4v) is 15.5. The Labute approximate surface area is 788 Å². The SMILES string of the molecule is COc1cc2cc(c1)COc1ccc(NC(C)=O)cc1NC(=O)[C@H](CCCCCC(=O)NO)NCCC2.COc1cc2cc(c1)COc1cccc(N)c1NC(=O)[C@H](CCCCCC(=O)NO)NCCC2.COc1cc2cc(c1)COc1cccc(NC(C)=O)c1NC(=O)[C@H](CCCCCC(=O)NO)NCCC2.O=C(CCCCCC1OCCCCCCOc2ccncc2NC1=O)NO. The fraction of sp³-hybridized carbons (Fsp3) is 0.480. The molecule has 0 saturated heterocycles. The number of nitrogens with one attached hydrogen (secondary N) is 13. The number of hydrogen-bond acceptors (Lipinski definition) is 27. The van der Waals surface area contributed by atoms with Crippen LogP contribution in [0.3, 0.4) is 0 Å². The number of para-hydroxylation sites is 2. The third-order valence-electron chi connectivity index (χ3n) is 22.5. The molecule has 7 aromatic rings. The molecule has 37 nitrogen and oxygen atoms in total. The maximum absolute atomic E-state index is 13.4. The highest BCUT2D eigenvalue weighted by Crippen LogP contribution is 2.37. The van der Waals surface area contributed by atoms with E-state index in [-0.39, 0.29) is 74.3 Å². The van der Waals surface area contributed by atoms with Crippen LogP contribution in [0.25, 0.3) is 0 Å². The van der Waals surface area contributed by atoms with E-state index < -0.39 is 47.9 Å². The quantitative estimate of drug-likeness (QED) is 0.00896. The number of benzene rings is 6. The molecule has 135 heavy (non-hydrogen) atoms. The highest BCUT2D eigenvalue weighted by molar-refractivity contribution is 6.03. The zero-order valence-corrected chi connectivity index (χ0v) is 78.0. The van der Waals surface area contributed by atoms with Crippen molar-refractivity contribution >= 4 is 98.9 Å². The molecule has 1 aromatic heterocycles. The van der Waals surface area contributed by atoms with Crippen LogP contribution in [-0.4, -0.2) is 163 Å². The summed E-state index contributed by atoms with van der Waals surface area (Å²) >= 11 is 0. The molecule has 4 aliphatic rings. The van der Waals surface area contributed by atoms with Crippen molar-refractivity contribution in [3.8, 4) is 40.2 Å². The summed E-state index contributed by atoms with van der Waals surface area (Å²) in [5.41, 5.74) is 22.3. The van der Waals surface area contributed by atoms with Crippen LogP contribution >= 0.6 is 0 Å². The first kappa shape index (κ1) is 108. The average molecular weight is 1880 g/mol. The number of aromatic nitrogens is 1. The molecule has 6 bridgehead atoms. The van der Waals surface area contributed by atoms with Gasteiger partial charge in [0, 0.05) is 64.1 Å². The number of nitrogen functional groups attached to an aromatic ring is 1. The van der Waals surface area contributed by atoms with Gasteiger partial charge in [-0.05, 0) is 241 Å². The van der Waals surface area contributed by atoms with Crippen LogP contribution in [0.1, 0.15) is 221 Å². The first-order valence-corrected chi connectivity index (χ1v) is 46.4. The Kier molecular flexibility index (Phi) is 48.2. The number of anilines is 7. The summed E-state index contributed by atoms with van der Waals surface area (Å²) in [5.74, 6) is 1.42. The first-order chi connectivity index (χ1) is 65.5. The number of fused-ring (bicyclic) bond motifs is 10. The van der Waals surface area contributed by atoms with Gasteiger partial charge in [-0.15, -0.1) is 0 Å². The van der Waals surface area contributed by atoms with Gasteiger partial charge in [0.2, 0.25) is 53.2 Å². The molecule has 5 heterocycles. The van der Waals surface area contributed by atoms with E-state index in [9.17, 15) is 47.9 Å². The number of unbranched alkanes of at least 4 members (excludes halogenated alkanes) is 8. The predicted molar refractivity (Wildman–Crippen MR) is 509 cm³/mol. The van der Waals surface area contributed by atoms with Gasteiger partial charge < -0.3 is 91.5 Å². The van der Waals surface area contributed by atoms with E-state index in [4.69, 9.17) is 64.5 Å². The minimum absolute atomic E-state index is 0.173. The topological polar surface area (TPSA) is 521 Å². The van der Waals surface area contributed by atoms with Crippen molar-refractivity contribution in [2.45, 2.75) is 251 Å². The highest BCUT2D eigenvalue weighted by atomic mass is 16.5. The summed E-state index contributed by atoms with van der Waals surface area (Å²) in [6, 6.07) is 34.2. The van der Waals surface area contributed by atoms with Crippen molar-refractivity contribution in [2.75, 3.05) is 91.8 Å². The lowest BCUT2D eigenvalue weighted by Crippen LogP contribution is -2.41. The van der Waals surface area contributed by atoms with Crippen molar-refractivity contribution in [1.29, 1.82) is 0 Å². The number of nitrogens with zero attached hydrogens (tertiary/aromatic N) is 1. The maximum Gasteiger partial charge on any atom is 0.253 e. The second kappa shape index (κ2) is 60.5. The number of carbonyl (C=O) groups is 10. The van der Waals surface area contributed by atoms with Crippen LogP contribution in [0.2, 0.25) is 0 Å². The first-order valence-electron chi connectivity index (χ1n) is 46.4. The zero-order chi connectivity index (χ0) is 96.9. The normalized spacial score (nSPS) is 16.6. The molecule has 734 valence electrons. The number of methoxy groups -OCH3 is 3. The molecule has 4 atom stereocenters. The number of rotatable bonds is 29. The minimum atomic E-state index is -0.550. The summed E-state index contributed by atoms with van der Waals surface area (Å²) in [7, 11) is 4.92. The summed E-state index contributed by atoms with van der Waals surface area (Å²) in [6.07, 6.45) is 23.5. The molecule has 19 N–H and O–H groups in total. The van der Waals surface area contributed by atoms with Crippen LogP contribution in [0.5, 0.6) is 40.2 Å². The van der Waals surface area contributed by atoms with Gasteiger partial charge in [0.15, 0.2) is 0 Å². The Morgan fingerprint density at radius 2 is 0.815 bits per heavy atom. The van der Waals surface area contributed by atoms with Gasteiger partial charge in [-0.1, -0.05) is 88.1 Å². The number of hydrogen-bond donors (Lipinski definition) is 18. The fourth-order valence-electron chi connectivity index (χ4n) is 15.5. The monoisotopic (exact) mass is 1870 g/mol. The van der Waals surface area contributed by atoms with Gasteiger partial charge in [0.1, 0.15) is 83.2 Å². The molecule has 37 heteroatoms. The van der Waals surface area contributed by atoms with Crippen molar-refractivity contribution in [1.82, 2.24) is 42.9 Å². The Balaban J connectivity index is 0.000000223. The average Bonchev–Trinajstić information content (AvgIpc) is 0.879. The summed E-state index contributed by atoms with van der Waals surface area (Å²) in [5, 5.41) is 61.8. The zero-order valence-electron chi connectivity index (χ0n) is 78.0. The van der Waals surface area contributed by atoms with Gasteiger partial charge in [-0.2, -0.15) is 0 Å². The molecular weight excluding hydrogens is 1740 g/mol. The molecule has 10 amide bonds. The lowest BCUT2D eigenvalue weighted by Gasteiger charge is -2.22. The highest BCUT2D eigenvalue weighted by Gasteiger charge is 2.28. The van der Waals surface area contributed by atoms with Gasteiger partial charge in [-0.3, -0.25) is 73.8 Å². The number of hydroxylamine groups is 4. The van der Waals surface area contributed by atoms with E-state index in [0.29, 0.717) is 154 Å². The number of nitrogens with two attached hydrogens (primary N) is 1. The Morgan fingerprint density at radius 1 is 0.407 bits per heavy atom. The molecule has 11 rings (SSSR count). The molecule has 4 aliphatic heterocycles. The molecule has 0 saturated carbocycles. The largest absolute Gasteiger partial charge is 0.497 e. The number of pyridine rings is 1. The van der Waals surface area contributed by atoms with Crippen LogP contribution in [0.4, 0.5) is 39.8 Å². The molecule has 0 fully saturated rings. The maximum atomic E-state index is 13.4. The van der Waals surface area contributed by atoms with Crippen LogP contribution in [0.15, 0.2) is 128 Å². The molecule has 0 spiro atoms. The van der Waals surface area contributed by atoms with E-state index in [1.165, 1.54) is 13.8 Å². The Bertz CT molecular complexity index is 4950. The van der Waals surface area contributed by atoms with Crippen LogP contribution in [-0.2, 0) is 91.8 Å². The molecule has 0 radical (unpaired) electrons. The third kappa shape index (κ3) is 39.8. The Hall–Kier alpha value is -12.8. The number of ether oxygens (including phenoxy) is 8. The number of carbonyl (C=O) groups excluding carboxylic acids is 10. The second-order valence-electron chi connectivity index (χ2n) is 33.2. The summed E-state index contributed by atoms with van der Waals surface area (Å²) in [4.78, 5) is 125. The molecule has 6 aromatic carbocycles. The van der Waals surface area contributed by atoms with E-state index in [1.54, 1.807) is 116 Å². The number of amides is 10. The number of aryl methyl sites for hydroxylation is 3. The minimum Gasteiger partial charge on any atom is -0.497 e. The smallest absolute Gasteiger partial charge is 0.253 e. The van der Waals surface area contributed by atoms with E-state index in [2.05, 4.69) is 71.0 Å². The van der Waals surface area contributed by atoms with E-state index in [0.717, 1.165) is 166 Å². The lowest BCUT2D eigenvalue weighted by molar-refractivity contribution is -0.130. The Morgan fingerprint density at radius 3 is 1.27 bits per heavy atom. The standard InChI is InChI=1S/2C27H36N4O6.C25H34N4O5.C19H29N3O5/c1-18(32)29-22-10-6-11-24-26(22)30-27(34)23(9-4-3-5-12-25(33)31-35)28-13-7-8-19-14-20(17-37-24)16-21(15-19)36-2;1-18(32)29-21-10-11-25-24(16-21)30-27(34)23(8-4-3-5-9-26(33)31-35)28-12-6-7-19-13-20(17-37-25)15-22(14-19)36-2;1-33-19-14-17-7-6-12-27-21(9-3-2-4-11-23(30)29-32)25(31)28-24-20(26)8-5-10-22(24)34-16-18(13-17)15-19;23-18(22-25)9-5-3-4-8-17-19(24)21-15-14-20-11-10-16(15)26-12-6-1-2-7-13-27-17/h6,10-11,14-16,23,28,35H,3-5,7-9,12-13,17H2,1-2H3,(H,29,32)(H,30,34)(H,31,33);10-11,13-16,23,28,35H,3-9,12,17H2,1-2H3,(H,29,32)(H,30,34)(H,31,33);5,8,10,13-15,21,27,32H,2-4,6-7,9,11-12,16,26H2,1H3,(H,28,31)(H,29,30);10-11,14,17,25H,1-9,12-13H2,(H,21,24)(H,22,23)/t2*23-;21-;/m000./s1. The van der Waals surface area contributed by atoms with Crippen LogP contribution in [0, 0.1) is 0 Å².